The third kappa shape index (κ3) is 2.81. The van der Waals surface area contributed by atoms with Gasteiger partial charge in [-0.3, -0.25) is 4.79 Å². The van der Waals surface area contributed by atoms with Gasteiger partial charge in [-0.15, -0.1) is 0 Å². The first kappa shape index (κ1) is 9.52. The second-order valence-electron chi connectivity index (χ2n) is 3.82. The Morgan fingerprint density at radius 3 is 2.58 bits per heavy atom. The van der Waals surface area contributed by atoms with Gasteiger partial charge in [-0.1, -0.05) is 6.92 Å². The van der Waals surface area contributed by atoms with Crippen LogP contribution in [0, 0.1) is 5.41 Å². The van der Waals surface area contributed by atoms with Crippen LogP contribution < -0.4 is 0 Å². The summed E-state index contributed by atoms with van der Waals surface area (Å²) in [5.74, 6) is -0.692. The third-order valence-corrected chi connectivity index (χ3v) is 2.64. The topological polar surface area (TPSA) is 46.5 Å². The highest BCUT2D eigenvalue weighted by Crippen LogP contribution is 2.34. The van der Waals surface area contributed by atoms with Gasteiger partial charge in [0.1, 0.15) is 0 Å². The summed E-state index contributed by atoms with van der Waals surface area (Å²) >= 11 is 0. The van der Waals surface area contributed by atoms with Crippen LogP contribution in [0.3, 0.4) is 0 Å². The molecule has 0 radical (unpaired) electrons. The molecule has 1 heterocycles. The quantitative estimate of drug-likeness (QED) is 0.704. The number of ether oxygens (including phenoxy) is 1. The fraction of sp³-hybridized carbons (Fsp3) is 0.889. The monoisotopic (exact) mass is 172 g/mol. The maximum Gasteiger partial charge on any atom is 0.303 e. The van der Waals surface area contributed by atoms with Gasteiger partial charge in [-0.2, -0.15) is 0 Å². The molecular formula is C9H16O3. The minimum Gasteiger partial charge on any atom is -0.481 e. The summed E-state index contributed by atoms with van der Waals surface area (Å²) in [7, 11) is 0. The minimum absolute atomic E-state index is 0.205. The van der Waals surface area contributed by atoms with Gasteiger partial charge in [0.05, 0.1) is 0 Å². The third-order valence-electron chi connectivity index (χ3n) is 2.64. The van der Waals surface area contributed by atoms with E-state index < -0.39 is 5.97 Å². The molecule has 3 heteroatoms. The van der Waals surface area contributed by atoms with Gasteiger partial charge in [0.15, 0.2) is 0 Å². The first-order valence-electron chi connectivity index (χ1n) is 4.42. The predicted octanol–water partition coefficient (Wildman–Crippen LogP) is 1.67. The van der Waals surface area contributed by atoms with Crippen molar-refractivity contribution in [3.05, 3.63) is 0 Å². The summed E-state index contributed by atoms with van der Waals surface area (Å²) in [5, 5.41) is 8.53. The van der Waals surface area contributed by atoms with Crippen molar-refractivity contribution in [3.63, 3.8) is 0 Å². The van der Waals surface area contributed by atoms with Gasteiger partial charge in [0.2, 0.25) is 0 Å². The molecule has 1 rings (SSSR count). The van der Waals surface area contributed by atoms with Gasteiger partial charge in [-0.05, 0) is 24.7 Å². The number of carbonyl (C=O) groups is 1. The molecule has 0 atom stereocenters. The zero-order valence-electron chi connectivity index (χ0n) is 7.51. The average Bonchev–Trinajstić information content (AvgIpc) is 2.03. The zero-order valence-corrected chi connectivity index (χ0v) is 7.51. The second-order valence-corrected chi connectivity index (χ2v) is 3.82. The molecule has 1 N–H and O–H groups in total. The number of hydrogen-bond donors (Lipinski definition) is 1. The number of aliphatic carboxylic acids is 1. The van der Waals surface area contributed by atoms with Gasteiger partial charge >= 0.3 is 5.97 Å². The first-order chi connectivity index (χ1) is 5.62. The molecule has 3 nitrogen and oxygen atoms in total. The highest BCUT2D eigenvalue weighted by Gasteiger charge is 2.27. The van der Waals surface area contributed by atoms with Crippen molar-refractivity contribution >= 4 is 5.97 Å². The Morgan fingerprint density at radius 2 is 2.08 bits per heavy atom. The Bertz CT molecular complexity index is 159. The highest BCUT2D eigenvalue weighted by molar-refractivity contribution is 5.66. The summed E-state index contributed by atoms with van der Waals surface area (Å²) < 4.78 is 5.22. The predicted molar refractivity (Wildman–Crippen MR) is 45.0 cm³/mol. The number of carboxylic acid groups (broad SMARTS) is 1. The lowest BCUT2D eigenvalue weighted by Crippen LogP contribution is -2.27. The summed E-state index contributed by atoms with van der Waals surface area (Å²) in [6.45, 7) is 3.73. The smallest absolute Gasteiger partial charge is 0.303 e. The van der Waals surface area contributed by atoms with Gasteiger partial charge in [-0.25, -0.2) is 0 Å². The molecule has 0 aromatic carbocycles. The van der Waals surface area contributed by atoms with E-state index in [9.17, 15) is 4.79 Å². The Morgan fingerprint density at radius 1 is 1.50 bits per heavy atom. The summed E-state index contributed by atoms with van der Waals surface area (Å²) in [6, 6.07) is 0. The largest absolute Gasteiger partial charge is 0.481 e. The fourth-order valence-electron chi connectivity index (χ4n) is 1.52. The minimum atomic E-state index is -0.692. The van der Waals surface area contributed by atoms with E-state index in [-0.39, 0.29) is 11.8 Å². The van der Waals surface area contributed by atoms with E-state index in [0.717, 1.165) is 32.5 Å². The molecule has 0 unspecified atom stereocenters. The van der Waals surface area contributed by atoms with E-state index in [2.05, 4.69) is 6.92 Å². The van der Waals surface area contributed by atoms with E-state index in [1.165, 1.54) is 0 Å². The van der Waals surface area contributed by atoms with Gasteiger partial charge in [0, 0.05) is 19.6 Å². The van der Waals surface area contributed by atoms with Crippen LogP contribution in [0.15, 0.2) is 0 Å². The van der Waals surface area contributed by atoms with Crippen LogP contribution in [0.1, 0.15) is 32.6 Å². The molecule has 0 aromatic rings. The van der Waals surface area contributed by atoms with Crippen molar-refractivity contribution in [3.8, 4) is 0 Å². The molecule has 1 aliphatic rings. The molecule has 12 heavy (non-hydrogen) atoms. The molecule has 0 spiro atoms. The van der Waals surface area contributed by atoms with Crippen molar-refractivity contribution in [1.29, 1.82) is 0 Å². The molecule has 0 bridgehead atoms. The molecule has 70 valence electrons. The van der Waals surface area contributed by atoms with Crippen LogP contribution in [0.25, 0.3) is 0 Å². The van der Waals surface area contributed by atoms with Crippen molar-refractivity contribution in [1.82, 2.24) is 0 Å². The van der Waals surface area contributed by atoms with Crippen molar-refractivity contribution in [2.24, 2.45) is 5.41 Å². The standard InChI is InChI=1S/C9H16O3/c1-9(3-2-8(10)11)4-6-12-7-5-9/h2-7H2,1H3,(H,10,11). The average molecular weight is 172 g/mol. The maximum absolute atomic E-state index is 10.4. The van der Waals surface area contributed by atoms with E-state index in [0.29, 0.717) is 0 Å². The Labute approximate surface area is 72.7 Å². The summed E-state index contributed by atoms with van der Waals surface area (Å²) in [5.41, 5.74) is 0.205. The fourth-order valence-corrected chi connectivity index (χ4v) is 1.52. The molecule has 1 aliphatic heterocycles. The molecule has 0 saturated carbocycles. The lowest BCUT2D eigenvalue weighted by Gasteiger charge is -2.32. The molecule has 0 aliphatic carbocycles. The molecule has 0 aromatic heterocycles. The Balaban J connectivity index is 2.31. The van der Waals surface area contributed by atoms with Crippen LogP contribution >= 0.6 is 0 Å². The van der Waals surface area contributed by atoms with Crippen LogP contribution in [0.2, 0.25) is 0 Å². The van der Waals surface area contributed by atoms with E-state index >= 15 is 0 Å². The summed E-state index contributed by atoms with van der Waals surface area (Å²) in [6.07, 6.45) is 3.07. The lowest BCUT2D eigenvalue weighted by molar-refractivity contribution is -0.138. The normalized spacial score (nSPS) is 22.1. The van der Waals surface area contributed by atoms with E-state index in [1.54, 1.807) is 0 Å². The van der Waals surface area contributed by atoms with Crippen LogP contribution in [-0.2, 0) is 9.53 Å². The van der Waals surface area contributed by atoms with Gasteiger partial charge < -0.3 is 9.84 Å². The van der Waals surface area contributed by atoms with Crippen molar-refractivity contribution in [2.45, 2.75) is 32.6 Å². The second kappa shape index (κ2) is 3.90. The summed E-state index contributed by atoms with van der Waals surface area (Å²) in [4.78, 5) is 10.4. The van der Waals surface area contributed by atoms with E-state index in [4.69, 9.17) is 9.84 Å². The first-order valence-corrected chi connectivity index (χ1v) is 4.42. The van der Waals surface area contributed by atoms with Crippen molar-refractivity contribution in [2.75, 3.05) is 13.2 Å². The SMILES string of the molecule is CC1(CCC(=O)O)CCOCC1. The van der Waals surface area contributed by atoms with Crippen LogP contribution in [-0.4, -0.2) is 24.3 Å². The highest BCUT2D eigenvalue weighted by atomic mass is 16.5. The van der Waals surface area contributed by atoms with Crippen LogP contribution in [0.5, 0.6) is 0 Å². The molecule has 1 saturated heterocycles. The Kier molecular flexibility index (Phi) is 3.09. The van der Waals surface area contributed by atoms with Crippen molar-refractivity contribution < 1.29 is 14.6 Å². The number of rotatable bonds is 3. The Hall–Kier alpha value is -0.570. The number of carboxylic acids is 1. The zero-order chi connectivity index (χ0) is 9.03. The lowest BCUT2D eigenvalue weighted by atomic mass is 9.78. The van der Waals surface area contributed by atoms with Crippen LogP contribution in [0.4, 0.5) is 0 Å². The molecule has 1 fully saturated rings. The molecule has 0 amide bonds. The van der Waals surface area contributed by atoms with E-state index in [1.807, 2.05) is 0 Å². The maximum atomic E-state index is 10.4. The number of hydrogen-bond acceptors (Lipinski definition) is 2. The molecular weight excluding hydrogens is 156 g/mol. The van der Waals surface area contributed by atoms with Gasteiger partial charge in [0.25, 0.3) is 0 Å².